The Kier molecular flexibility index (Phi) is 7.15. The fraction of sp³-hybridized carbons (Fsp3) is 0.222. The van der Waals surface area contributed by atoms with Crippen LogP contribution in [0.5, 0.6) is 5.75 Å². The SMILES string of the molecule is CCc1ccc(N2C[C@H](C(=O)N/N=C/c3cccc(OCc4ccccc4)c3)CC2=O)cc1. The van der Waals surface area contributed by atoms with E-state index in [9.17, 15) is 9.59 Å². The van der Waals surface area contributed by atoms with Crippen LogP contribution in [-0.2, 0) is 22.6 Å². The number of hydrazone groups is 1. The van der Waals surface area contributed by atoms with Crippen molar-refractivity contribution in [3.05, 3.63) is 95.6 Å². The smallest absolute Gasteiger partial charge is 0.245 e. The van der Waals surface area contributed by atoms with Crippen LogP contribution in [0.2, 0.25) is 0 Å². The van der Waals surface area contributed by atoms with Crippen molar-refractivity contribution in [2.75, 3.05) is 11.4 Å². The van der Waals surface area contributed by atoms with Crippen LogP contribution in [0.3, 0.4) is 0 Å². The second-order valence-corrected chi connectivity index (χ2v) is 8.01. The molecule has 1 atom stereocenters. The van der Waals surface area contributed by atoms with Crippen LogP contribution in [-0.4, -0.2) is 24.6 Å². The third kappa shape index (κ3) is 5.86. The highest BCUT2D eigenvalue weighted by atomic mass is 16.5. The van der Waals surface area contributed by atoms with Crippen molar-refractivity contribution in [2.45, 2.75) is 26.4 Å². The summed E-state index contributed by atoms with van der Waals surface area (Å²) >= 11 is 0. The highest BCUT2D eigenvalue weighted by Crippen LogP contribution is 2.25. The Morgan fingerprint density at radius 3 is 2.61 bits per heavy atom. The molecule has 0 aromatic heterocycles. The number of nitrogens with zero attached hydrogens (tertiary/aromatic N) is 2. The maximum absolute atomic E-state index is 12.6. The minimum absolute atomic E-state index is 0.0494. The van der Waals surface area contributed by atoms with Gasteiger partial charge in [0.15, 0.2) is 0 Å². The van der Waals surface area contributed by atoms with Crippen molar-refractivity contribution < 1.29 is 14.3 Å². The molecule has 0 spiro atoms. The maximum atomic E-state index is 12.6. The van der Waals surface area contributed by atoms with Crippen LogP contribution in [0.4, 0.5) is 5.69 Å². The Bertz CT molecular complexity index is 1130. The number of carbonyl (C=O) groups is 2. The number of hydrogen-bond acceptors (Lipinski definition) is 4. The van der Waals surface area contributed by atoms with Gasteiger partial charge in [0.2, 0.25) is 11.8 Å². The molecule has 33 heavy (non-hydrogen) atoms. The number of carbonyl (C=O) groups excluding carboxylic acids is 2. The molecule has 0 unspecified atom stereocenters. The predicted molar refractivity (Wildman–Crippen MR) is 129 cm³/mol. The Balaban J connectivity index is 1.30. The summed E-state index contributed by atoms with van der Waals surface area (Å²) in [7, 11) is 0. The van der Waals surface area contributed by atoms with E-state index in [0.717, 1.165) is 29.0 Å². The number of ether oxygens (including phenoxy) is 1. The number of rotatable bonds is 8. The average molecular weight is 442 g/mol. The minimum Gasteiger partial charge on any atom is -0.489 e. The van der Waals surface area contributed by atoms with Gasteiger partial charge >= 0.3 is 0 Å². The first-order valence-corrected chi connectivity index (χ1v) is 11.1. The topological polar surface area (TPSA) is 71.0 Å². The molecule has 1 aliphatic rings. The molecule has 1 aliphatic heterocycles. The summed E-state index contributed by atoms with van der Waals surface area (Å²) in [6, 6.07) is 25.3. The van der Waals surface area contributed by atoms with Gasteiger partial charge < -0.3 is 9.64 Å². The van der Waals surface area contributed by atoms with E-state index in [1.165, 1.54) is 5.56 Å². The van der Waals surface area contributed by atoms with E-state index < -0.39 is 5.92 Å². The first-order valence-electron chi connectivity index (χ1n) is 11.1. The number of benzene rings is 3. The van der Waals surface area contributed by atoms with Crippen LogP contribution in [0.1, 0.15) is 30.0 Å². The zero-order valence-corrected chi connectivity index (χ0v) is 18.6. The number of anilines is 1. The Morgan fingerprint density at radius 2 is 1.85 bits per heavy atom. The minimum atomic E-state index is -0.430. The summed E-state index contributed by atoms with van der Waals surface area (Å²) in [5.41, 5.74) is 6.50. The molecular weight excluding hydrogens is 414 g/mol. The lowest BCUT2D eigenvalue weighted by Crippen LogP contribution is -2.30. The Hall–Kier alpha value is -3.93. The summed E-state index contributed by atoms with van der Waals surface area (Å²) in [6.07, 6.45) is 2.70. The van der Waals surface area contributed by atoms with Crippen LogP contribution in [0, 0.1) is 5.92 Å². The summed E-state index contributed by atoms with van der Waals surface area (Å²) < 4.78 is 5.83. The molecule has 1 N–H and O–H groups in total. The summed E-state index contributed by atoms with van der Waals surface area (Å²) in [4.78, 5) is 26.7. The molecule has 4 rings (SSSR count). The Labute approximate surface area is 193 Å². The highest BCUT2D eigenvalue weighted by molar-refractivity contribution is 6.00. The molecule has 0 saturated carbocycles. The highest BCUT2D eigenvalue weighted by Gasteiger charge is 2.35. The molecule has 3 aromatic carbocycles. The van der Waals surface area contributed by atoms with Gasteiger partial charge in [-0.05, 0) is 47.4 Å². The molecule has 2 amide bonds. The third-order valence-corrected chi connectivity index (χ3v) is 5.65. The van der Waals surface area contributed by atoms with Crippen LogP contribution in [0.15, 0.2) is 84.0 Å². The molecule has 0 radical (unpaired) electrons. The zero-order valence-electron chi connectivity index (χ0n) is 18.6. The average Bonchev–Trinajstić information content (AvgIpc) is 3.25. The van der Waals surface area contributed by atoms with E-state index in [0.29, 0.717) is 13.2 Å². The molecule has 0 bridgehead atoms. The van der Waals surface area contributed by atoms with Gasteiger partial charge in [0.1, 0.15) is 12.4 Å². The first kappa shape index (κ1) is 22.3. The Morgan fingerprint density at radius 1 is 1.06 bits per heavy atom. The third-order valence-electron chi connectivity index (χ3n) is 5.65. The van der Waals surface area contributed by atoms with E-state index in [2.05, 4.69) is 17.5 Å². The fourth-order valence-corrected chi connectivity index (χ4v) is 3.73. The van der Waals surface area contributed by atoms with E-state index in [-0.39, 0.29) is 18.2 Å². The lowest BCUT2D eigenvalue weighted by Gasteiger charge is -2.16. The molecular formula is C27H27N3O3. The van der Waals surface area contributed by atoms with E-state index in [1.807, 2.05) is 78.9 Å². The standard InChI is InChI=1S/C27H27N3O3/c1-2-20-11-13-24(14-12-20)30-18-23(16-26(30)31)27(32)29-28-17-22-9-6-10-25(15-22)33-19-21-7-4-3-5-8-21/h3-15,17,23H,2,16,18-19H2,1H3,(H,29,32)/b28-17+/t23-/m1/s1. The van der Waals surface area contributed by atoms with Crippen molar-refractivity contribution in [1.82, 2.24) is 5.43 Å². The molecule has 6 heteroatoms. The summed E-state index contributed by atoms with van der Waals surface area (Å²) in [6.45, 7) is 2.92. The van der Waals surface area contributed by atoms with Crippen molar-refractivity contribution in [3.8, 4) is 5.75 Å². The van der Waals surface area contributed by atoms with Gasteiger partial charge in [-0.3, -0.25) is 9.59 Å². The van der Waals surface area contributed by atoms with Gasteiger partial charge in [-0.25, -0.2) is 5.43 Å². The predicted octanol–water partition coefficient (Wildman–Crippen LogP) is 4.33. The molecule has 6 nitrogen and oxygen atoms in total. The molecule has 1 fully saturated rings. The second-order valence-electron chi connectivity index (χ2n) is 8.01. The molecule has 1 heterocycles. The molecule has 168 valence electrons. The quantitative estimate of drug-likeness (QED) is 0.418. The summed E-state index contributed by atoms with van der Waals surface area (Å²) in [5.74, 6) is -0.0169. The number of hydrogen-bond donors (Lipinski definition) is 1. The number of nitrogens with one attached hydrogen (secondary N) is 1. The monoisotopic (exact) mass is 441 g/mol. The molecule has 3 aromatic rings. The van der Waals surface area contributed by atoms with Gasteiger partial charge in [0.25, 0.3) is 0 Å². The van der Waals surface area contributed by atoms with Gasteiger partial charge in [0, 0.05) is 18.7 Å². The van der Waals surface area contributed by atoms with Gasteiger partial charge in [-0.2, -0.15) is 5.10 Å². The van der Waals surface area contributed by atoms with Crippen LogP contribution in [0.25, 0.3) is 0 Å². The van der Waals surface area contributed by atoms with Crippen LogP contribution >= 0.6 is 0 Å². The lowest BCUT2D eigenvalue weighted by atomic mass is 10.1. The lowest BCUT2D eigenvalue weighted by molar-refractivity contribution is -0.126. The van der Waals surface area contributed by atoms with Gasteiger partial charge in [-0.1, -0.05) is 61.5 Å². The van der Waals surface area contributed by atoms with E-state index in [4.69, 9.17) is 4.74 Å². The molecule has 1 saturated heterocycles. The van der Waals surface area contributed by atoms with Gasteiger partial charge in [0.05, 0.1) is 12.1 Å². The van der Waals surface area contributed by atoms with E-state index >= 15 is 0 Å². The maximum Gasteiger partial charge on any atom is 0.245 e. The first-order chi connectivity index (χ1) is 16.1. The van der Waals surface area contributed by atoms with Gasteiger partial charge in [-0.15, -0.1) is 0 Å². The van der Waals surface area contributed by atoms with Crippen molar-refractivity contribution >= 4 is 23.7 Å². The van der Waals surface area contributed by atoms with Crippen molar-refractivity contribution in [3.63, 3.8) is 0 Å². The second kappa shape index (κ2) is 10.6. The normalized spacial score (nSPS) is 15.7. The van der Waals surface area contributed by atoms with E-state index in [1.54, 1.807) is 11.1 Å². The number of aryl methyl sites for hydroxylation is 1. The summed E-state index contributed by atoms with van der Waals surface area (Å²) in [5, 5.41) is 4.08. The van der Waals surface area contributed by atoms with Crippen molar-refractivity contribution in [2.24, 2.45) is 11.0 Å². The number of amides is 2. The fourth-order valence-electron chi connectivity index (χ4n) is 3.73. The molecule has 0 aliphatic carbocycles. The van der Waals surface area contributed by atoms with Crippen LogP contribution < -0.4 is 15.1 Å². The largest absolute Gasteiger partial charge is 0.489 e. The zero-order chi connectivity index (χ0) is 23.0. The van der Waals surface area contributed by atoms with Crippen molar-refractivity contribution in [1.29, 1.82) is 0 Å².